The summed E-state index contributed by atoms with van der Waals surface area (Å²) >= 11 is 12.2. The van der Waals surface area contributed by atoms with Crippen LogP contribution in [0.25, 0.3) is 11.0 Å². The van der Waals surface area contributed by atoms with E-state index in [2.05, 4.69) is 16.5 Å². The van der Waals surface area contributed by atoms with Crippen LogP contribution in [0.3, 0.4) is 0 Å². The van der Waals surface area contributed by atoms with Gasteiger partial charge in [-0.2, -0.15) is 0 Å². The lowest BCUT2D eigenvalue weighted by atomic mass is 10.0. The molecule has 1 aliphatic rings. The number of ether oxygens (including phenoxy) is 1. The van der Waals surface area contributed by atoms with Crippen molar-refractivity contribution in [2.75, 3.05) is 6.61 Å². The summed E-state index contributed by atoms with van der Waals surface area (Å²) in [6.07, 6.45) is 2.26. The molecule has 1 aromatic carbocycles. The first-order valence-corrected chi connectivity index (χ1v) is 7.44. The van der Waals surface area contributed by atoms with Crippen molar-refractivity contribution in [1.82, 2.24) is 9.55 Å². The van der Waals surface area contributed by atoms with Gasteiger partial charge in [-0.05, 0) is 38.0 Å². The zero-order chi connectivity index (χ0) is 13.4. The lowest BCUT2D eigenvalue weighted by molar-refractivity contribution is 0.00633. The molecule has 0 radical (unpaired) electrons. The van der Waals surface area contributed by atoms with E-state index < -0.39 is 0 Å². The molecule has 2 atom stereocenters. The maximum Gasteiger partial charge on any atom is 0.125 e. The number of halogens is 2. The first-order valence-electron chi connectivity index (χ1n) is 6.53. The van der Waals surface area contributed by atoms with Gasteiger partial charge in [0.15, 0.2) is 0 Å². The van der Waals surface area contributed by atoms with Crippen molar-refractivity contribution in [3.8, 4) is 0 Å². The number of aromatic nitrogens is 2. The highest BCUT2D eigenvalue weighted by Gasteiger charge is 2.24. The van der Waals surface area contributed by atoms with E-state index in [0.29, 0.717) is 11.9 Å². The van der Waals surface area contributed by atoms with Crippen LogP contribution in [0.1, 0.15) is 31.6 Å². The van der Waals surface area contributed by atoms with Crippen LogP contribution in [0.15, 0.2) is 18.2 Å². The van der Waals surface area contributed by atoms with Crippen LogP contribution in [0.5, 0.6) is 0 Å². The number of hydrogen-bond acceptors (Lipinski definition) is 2. The molecule has 5 heteroatoms. The molecule has 2 aromatic rings. The van der Waals surface area contributed by atoms with Crippen LogP contribution in [0, 0.1) is 0 Å². The number of alkyl halides is 1. The van der Waals surface area contributed by atoms with Crippen molar-refractivity contribution < 1.29 is 4.74 Å². The Morgan fingerprint density at radius 1 is 1.47 bits per heavy atom. The van der Waals surface area contributed by atoms with Gasteiger partial charge in [-0.15, -0.1) is 11.6 Å². The Kier molecular flexibility index (Phi) is 3.70. The highest BCUT2D eigenvalue weighted by molar-refractivity contribution is 6.31. The minimum Gasteiger partial charge on any atom is -0.378 e. The molecule has 1 fully saturated rings. The predicted octanol–water partition coefficient (Wildman–Crippen LogP) is 4.17. The average Bonchev–Trinajstić information content (AvgIpc) is 2.76. The van der Waals surface area contributed by atoms with Gasteiger partial charge in [0.25, 0.3) is 0 Å². The fourth-order valence-electron chi connectivity index (χ4n) is 2.83. The number of fused-ring (bicyclic) bond motifs is 1. The zero-order valence-electron chi connectivity index (χ0n) is 10.8. The average molecular weight is 299 g/mol. The van der Waals surface area contributed by atoms with E-state index in [-0.39, 0.29) is 6.10 Å². The monoisotopic (exact) mass is 298 g/mol. The van der Waals surface area contributed by atoms with Crippen molar-refractivity contribution in [3.63, 3.8) is 0 Å². The number of imidazole rings is 1. The van der Waals surface area contributed by atoms with Crippen molar-refractivity contribution in [2.24, 2.45) is 0 Å². The molecule has 2 heterocycles. The Morgan fingerprint density at radius 2 is 2.32 bits per heavy atom. The molecule has 0 saturated carbocycles. The second-order valence-corrected chi connectivity index (χ2v) is 5.73. The topological polar surface area (TPSA) is 27.1 Å². The summed E-state index contributed by atoms with van der Waals surface area (Å²) < 4.78 is 7.87. The van der Waals surface area contributed by atoms with Gasteiger partial charge in [0, 0.05) is 17.7 Å². The summed E-state index contributed by atoms with van der Waals surface area (Å²) in [5.41, 5.74) is 2.03. The molecule has 1 aromatic heterocycles. The molecule has 0 spiro atoms. The second kappa shape index (κ2) is 5.31. The van der Waals surface area contributed by atoms with E-state index in [1.165, 1.54) is 0 Å². The number of benzene rings is 1. The molecule has 102 valence electrons. The maximum atomic E-state index is 6.11. The third-order valence-corrected chi connectivity index (χ3v) is 4.14. The van der Waals surface area contributed by atoms with E-state index in [9.17, 15) is 0 Å². The first kappa shape index (κ1) is 13.2. The fourth-order valence-corrected chi connectivity index (χ4v) is 3.18. The lowest BCUT2D eigenvalue weighted by Gasteiger charge is -2.29. The molecule has 0 N–H and O–H groups in total. The van der Waals surface area contributed by atoms with Gasteiger partial charge < -0.3 is 9.30 Å². The molecule has 19 heavy (non-hydrogen) atoms. The van der Waals surface area contributed by atoms with Crippen LogP contribution in [-0.4, -0.2) is 22.3 Å². The van der Waals surface area contributed by atoms with E-state index in [4.69, 9.17) is 27.9 Å². The molecule has 3 nitrogen and oxygen atoms in total. The minimum atomic E-state index is 0.276. The number of rotatable bonds is 2. The normalized spacial score (nSPS) is 23.9. The van der Waals surface area contributed by atoms with Crippen LogP contribution in [0.4, 0.5) is 0 Å². The molecule has 3 rings (SSSR count). The van der Waals surface area contributed by atoms with Crippen molar-refractivity contribution >= 4 is 34.2 Å². The Hall–Kier alpha value is -0.770. The van der Waals surface area contributed by atoms with E-state index >= 15 is 0 Å². The zero-order valence-corrected chi connectivity index (χ0v) is 12.3. The first-order chi connectivity index (χ1) is 9.19. The van der Waals surface area contributed by atoms with Gasteiger partial charge in [-0.1, -0.05) is 11.6 Å². The van der Waals surface area contributed by atoms with E-state index in [1.807, 2.05) is 18.2 Å². The van der Waals surface area contributed by atoms with Crippen molar-refractivity contribution in [2.45, 2.75) is 37.8 Å². The van der Waals surface area contributed by atoms with Gasteiger partial charge in [0.1, 0.15) is 5.82 Å². The van der Waals surface area contributed by atoms with Crippen LogP contribution < -0.4 is 0 Å². The number of hydrogen-bond donors (Lipinski definition) is 0. The molecular formula is C14H16Cl2N2O. The smallest absolute Gasteiger partial charge is 0.125 e. The molecule has 0 aliphatic carbocycles. The predicted molar refractivity (Wildman–Crippen MR) is 78.0 cm³/mol. The van der Waals surface area contributed by atoms with Crippen molar-refractivity contribution in [1.29, 1.82) is 0 Å². The molecule has 0 amide bonds. The van der Waals surface area contributed by atoms with E-state index in [1.54, 1.807) is 0 Å². The van der Waals surface area contributed by atoms with Gasteiger partial charge in [-0.25, -0.2) is 4.98 Å². The quantitative estimate of drug-likeness (QED) is 0.778. The molecule has 1 aliphatic heterocycles. The molecule has 2 unspecified atom stereocenters. The van der Waals surface area contributed by atoms with Gasteiger partial charge >= 0.3 is 0 Å². The highest BCUT2D eigenvalue weighted by atomic mass is 35.5. The van der Waals surface area contributed by atoms with Gasteiger partial charge in [0.2, 0.25) is 0 Å². The van der Waals surface area contributed by atoms with Gasteiger partial charge in [0.05, 0.1) is 23.0 Å². The SMILES string of the molecule is CC1CC(n2c(CCl)nc3ccc(Cl)cc32)CCO1. The standard InChI is InChI=1S/C14H16Cl2N2O/c1-9-6-11(4-5-19-9)18-13-7-10(16)2-3-12(13)17-14(18)8-15/h2-3,7,9,11H,4-6,8H2,1H3. The van der Waals surface area contributed by atoms with Crippen LogP contribution in [-0.2, 0) is 10.6 Å². The third kappa shape index (κ3) is 2.47. The van der Waals surface area contributed by atoms with Crippen LogP contribution >= 0.6 is 23.2 Å². The summed E-state index contributed by atoms with van der Waals surface area (Å²) in [5, 5.41) is 0.731. The van der Waals surface area contributed by atoms with E-state index in [0.717, 1.165) is 41.3 Å². The Bertz CT molecular complexity index is 596. The van der Waals surface area contributed by atoms with Crippen molar-refractivity contribution in [3.05, 3.63) is 29.0 Å². The maximum absolute atomic E-state index is 6.11. The highest BCUT2D eigenvalue weighted by Crippen LogP contribution is 2.31. The Labute approximate surface area is 122 Å². The Morgan fingerprint density at radius 3 is 3.05 bits per heavy atom. The summed E-state index contributed by atoms with van der Waals surface area (Å²) in [5.74, 6) is 1.33. The summed E-state index contributed by atoms with van der Waals surface area (Å²) in [4.78, 5) is 4.60. The summed E-state index contributed by atoms with van der Waals surface area (Å²) in [7, 11) is 0. The summed E-state index contributed by atoms with van der Waals surface area (Å²) in [6.45, 7) is 2.90. The Balaban J connectivity index is 2.11. The van der Waals surface area contributed by atoms with Gasteiger partial charge in [-0.3, -0.25) is 0 Å². The third-order valence-electron chi connectivity index (χ3n) is 3.67. The second-order valence-electron chi connectivity index (χ2n) is 5.02. The molecule has 1 saturated heterocycles. The largest absolute Gasteiger partial charge is 0.378 e. The minimum absolute atomic E-state index is 0.276. The molecule has 0 bridgehead atoms. The fraction of sp³-hybridized carbons (Fsp3) is 0.500. The van der Waals surface area contributed by atoms with Crippen LogP contribution in [0.2, 0.25) is 5.02 Å². The summed E-state index contributed by atoms with van der Waals surface area (Å²) in [6, 6.07) is 6.18. The number of nitrogens with zero attached hydrogens (tertiary/aromatic N) is 2. The lowest BCUT2D eigenvalue weighted by Crippen LogP contribution is -2.26. The molecular weight excluding hydrogens is 283 g/mol.